The molecule has 0 atom stereocenters. The molecule has 0 spiro atoms. The fourth-order valence-corrected chi connectivity index (χ4v) is 0.703. The molecule has 0 aliphatic heterocycles. The van der Waals surface area contributed by atoms with Gasteiger partial charge < -0.3 is 0 Å². The maximum Gasteiger partial charge on any atom is 0.433 e. The minimum absolute atomic E-state index is 0.141. The number of rotatable bonds is 1. The van der Waals surface area contributed by atoms with Crippen LogP contribution in [0.15, 0.2) is 4.79 Å². The van der Waals surface area contributed by atoms with Crippen molar-refractivity contribution < 1.29 is 18.0 Å². The summed E-state index contributed by atoms with van der Waals surface area (Å²) in [5, 5.41) is 3.23. The zero-order valence-electron chi connectivity index (χ0n) is 5.53. The van der Waals surface area contributed by atoms with Gasteiger partial charge in [-0.25, -0.2) is 0 Å². The number of nitrogens with one attached hydrogen (secondary N) is 2. The number of hydrogen-bond donors (Lipinski definition) is 2. The summed E-state index contributed by atoms with van der Waals surface area (Å²) < 4.78 is 35.7. The molecular formula is C5H3F3N2O2. The molecule has 12 heavy (non-hydrogen) atoms. The van der Waals surface area contributed by atoms with Crippen LogP contribution in [0, 0.1) is 0 Å². The van der Waals surface area contributed by atoms with Crippen LogP contribution in [0.3, 0.4) is 0 Å². The molecule has 2 N–H and O–H groups in total. The van der Waals surface area contributed by atoms with Gasteiger partial charge in [0.1, 0.15) is 5.56 Å². The van der Waals surface area contributed by atoms with E-state index in [2.05, 4.69) is 0 Å². The SMILES string of the molecule is O=Cc1c(C(F)(F)F)[nH][nH]c1=O. The van der Waals surface area contributed by atoms with E-state index in [1.165, 1.54) is 0 Å². The lowest BCUT2D eigenvalue weighted by Crippen LogP contribution is -2.12. The Morgan fingerprint density at radius 1 is 1.25 bits per heavy atom. The van der Waals surface area contributed by atoms with Gasteiger partial charge in [0.2, 0.25) is 0 Å². The summed E-state index contributed by atoms with van der Waals surface area (Å²) in [6.45, 7) is 0. The Hall–Kier alpha value is -1.53. The number of aromatic amines is 2. The van der Waals surface area contributed by atoms with Gasteiger partial charge in [-0.2, -0.15) is 13.2 Å². The van der Waals surface area contributed by atoms with Gasteiger partial charge in [-0.3, -0.25) is 19.8 Å². The van der Waals surface area contributed by atoms with Crippen molar-refractivity contribution in [1.82, 2.24) is 10.2 Å². The molecular weight excluding hydrogens is 177 g/mol. The number of hydrogen-bond acceptors (Lipinski definition) is 2. The van der Waals surface area contributed by atoms with E-state index in [-0.39, 0.29) is 6.29 Å². The fourth-order valence-electron chi connectivity index (χ4n) is 0.703. The van der Waals surface area contributed by atoms with Gasteiger partial charge in [0, 0.05) is 0 Å². The smallest absolute Gasteiger partial charge is 0.298 e. The normalized spacial score (nSPS) is 11.6. The van der Waals surface area contributed by atoms with E-state index in [1.807, 2.05) is 0 Å². The van der Waals surface area contributed by atoms with Crippen LogP contribution in [0.25, 0.3) is 0 Å². The van der Waals surface area contributed by atoms with Gasteiger partial charge in [0.05, 0.1) is 0 Å². The largest absolute Gasteiger partial charge is 0.433 e. The van der Waals surface area contributed by atoms with Crippen LogP contribution >= 0.6 is 0 Å². The highest BCUT2D eigenvalue weighted by Crippen LogP contribution is 2.27. The molecule has 1 aromatic rings. The standard InChI is InChI=1S/C5H3F3N2O2/c6-5(7,8)3-2(1-11)4(12)10-9-3/h1H,(H2,9,10,12). The molecule has 0 aliphatic carbocycles. The van der Waals surface area contributed by atoms with Crippen LogP contribution in [0.2, 0.25) is 0 Å². The van der Waals surface area contributed by atoms with Crippen molar-refractivity contribution in [2.75, 3.05) is 0 Å². The summed E-state index contributed by atoms with van der Waals surface area (Å²) >= 11 is 0. The van der Waals surface area contributed by atoms with E-state index in [0.717, 1.165) is 0 Å². The molecule has 7 heteroatoms. The average Bonchev–Trinajstić information content (AvgIpc) is 2.29. The molecule has 0 aromatic carbocycles. The Labute approximate surface area is 63.4 Å². The molecule has 0 bridgehead atoms. The van der Waals surface area contributed by atoms with E-state index in [1.54, 1.807) is 10.2 Å². The van der Waals surface area contributed by atoms with E-state index in [0.29, 0.717) is 0 Å². The number of halogens is 3. The Balaban J connectivity index is 3.35. The van der Waals surface area contributed by atoms with Crippen LogP contribution in [-0.2, 0) is 6.18 Å². The van der Waals surface area contributed by atoms with E-state index >= 15 is 0 Å². The highest BCUT2D eigenvalue weighted by atomic mass is 19.4. The third kappa shape index (κ3) is 1.25. The number of aldehydes is 1. The monoisotopic (exact) mass is 180 g/mol. The third-order valence-electron chi connectivity index (χ3n) is 1.22. The van der Waals surface area contributed by atoms with Crippen molar-refractivity contribution in [3.05, 3.63) is 21.6 Å². The molecule has 0 radical (unpaired) electrons. The number of carbonyl (C=O) groups is 1. The van der Waals surface area contributed by atoms with E-state index < -0.39 is 23.0 Å². The minimum Gasteiger partial charge on any atom is -0.298 e. The first-order valence-corrected chi connectivity index (χ1v) is 2.80. The maximum absolute atomic E-state index is 11.9. The van der Waals surface area contributed by atoms with Crippen LogP contribution in [0.1, 0.15) is 16.1 Å². The zero-order chi connectivity index (χ0) is 9.35. The number of aromatic nitrogens is 2. The molecule has 1 heterocycles. The van der Waals surface area contributed by atoms with Crippen LogP contribution in [-0.4, -0.2) is 16.5 Å². The number of carbonyl (C=O) groups excluding carboxylic acids is 1. The van der Waals surface area contributed by atoms with Gasteiger partial charge in [-0.15, -0.1) is 0 Å². The van der Waals surface area contributed by atoms with Gasteiger partial charge in [-0.1, -0.05) is 0 Å². The fraction of sp³-hybridized carbons (Fsp3) is 0.200. The third-order valence-corrected chi connectivity index (χ3v) is 1.22. The average molecular weight is 180 g/mol. The molecule has 0 aliphatic rings. The predicted octanol–water partition coefficient (Wildman–Crippen LogP) is 0.534. The summed E-state index contributed by atoms with van der Waals surface area (Å²) in [5.41, 5.74) is -3.35. The molecule has 0 amide bonds. The van der Waals surface area contributed by atoms with Crippen molar-refractivity contribution >= 4 is 6.29 Å². The Morgan fingerprint density at radius 2 is 1.83 bits per heavy atom. The second-order valence-electron chi connectivity index (χ2n) is 1.98. The lowest BCUT2D eigenvalue weighted by molar-refractivity contribution is -0.141. The molecule has 0 fully saturated rings. The van der Waals surface area contributed by atoms with Crippen LogP contribution in [0.4, 0.5) is 13.2 Å². The van der Waals surface area contributed by atoms with Gasteiger partial charge in [0.15, 0.2) is 12.0 Å². The van der Waals surface area contributed by atoms with Gasteiger partial charge in [-0.05, 0) is 0 Å². The van der Waals surface area contributed by atoms with Crippen LogP contribution < -0.4 is 5.56 Å². The Morgan fingerprint density at radius 3 is 2.17 bits per heavy atom. The number of H-pyrrole nitrogens is 2. The first-order valence-electron chi connectivity index (χ1n) is 2.80. The van der Waals surface area contributed by atoms with Crippen molar-refractivity contribution in [3.63, 3.8) is 0 Å². The van der Waals surface area contributed by atoms with Gasteiger partial charge >= 0.3 is 6.18 Å². The van der Waals surface area contributed by atoms with Crippen molar-refractivity contribution in [2.45, 2.75) is 6.18 Å². The summed E-state index contributed by atoms with van der Waals surface area (Å²) in [6.07, 6.45) is -4.85. The predicted molar refractivity (Wildman–Crippen MR) is 31.8 cm³/mol. The maximum atomic E-state index is 11.9. The highest BCUT2D eigenvalue weighted by molar-refractivity contribution is 5.76. The Kier molecular flexibility index (Phi) is 1.79. The van der Waals surface area contributed by atoms with E-state index in [9.17, 15) is 22.8 Å². The van der Waals surface area contributed by atoms with Gasteiger partial charge in [0.25, 0.3) is 5.56 Å². The topological polar surface area (TPSA) is 65.7 Å². The van der Waals surface area contributed by atoms with E-state index in [4.69, 9.17) is 0 Å². The van der Waals surface area contributed by atoms with Crippen molar-refractivity contribution in [2.24, 2.45) is 0 Å². The summed E-state index contributed by atoms with van der Waals surface area (Å²) in [4.78, 5) is 20.5. The van der Waals surface area contributed by atoms with Crippen molar-refractivity contribution in [3.8, 4) is 0 Å². The first-order chi connectivity index (χ1) is 5.46. The highest BCUT2D eigenvalue weighted by Gasteiger charge is 2.36. The molecule has 66 valence electrons. The zero-order valence-corrected chi connectivity index (χ0v) is 5.53. The number of alkyl halides is 3. The molecule has 1 rings (SSSR count). The second-order valence-corrected chi connectivity index (χ2v) is 1.98. The Bertz CT molecular complexity index is 348. The minimum atomic E-state index is -4.71. The lowest BCUT2D eigenvalue weighted by atomic mass is 10.2. The second kappa shape index (κ2) is 2.50. The quantitative estimate of drug-likeness (QED) is 0.619. The lowest BCUT2D eigenvalue weighted by Gasteiger charge is -2.01. The first kappa shape index (κ1) is 8.57. The molecule has 0 unspecified atom stereocenters. The van der Waals surface area contributed by atoms with Crippen LogP contribution in [0.5, 0.6) is 0 Å². The molecule has 4 nitrogen and oxygen atoms in total. The molecule has 0 saturated heterocycles. The van der Waals surface area contributed by atoms with Crippen molar-refractivity contribution in [1.29, 1.82) is 0 Å². The summed E-state index contributed by atoms with van der Waals surface area (Å²) in [6, 6.07) is 0. The summed E-state index contributed by atoms with van der Waals surface area (Å²) in [5.74, 6) is 0. The molecule has 1 aromatic heterocycles. The molecule has 0 saturated carbocycles. The summed E-state index contributed by atoms with van der Waals surface area (Å²) in [7, 11) is 0.